The molecule has 0 atom stereocenters. The van der Waals surface area contributed by atoms with Crippen LogP contribution in [0.5, 0.6) is 0 Å². The molecule has 1 N–H and O–H groups in total. The van der Waals surface area contributed by atoms with Crippen LogP contribution in [-0.4, -0.2) is 27.5 Å². The minimum atomic E-state index is -0.567. The number of halogens is 2. The Morgan fingerprint density at radius 2 is 2.00 bits per heavy atom. The zero-order valence-electron chi connectivity index (χ0n) is 11.7. The van der Waals surface area contributed by atoms with Crippen LogP contribution in [0.3, 0.4) is 0 Å². The number of nitrogens with zero attached hydrogens (tertiary/aromatic N) is 2. The van der Waals surface area contributed by atoms with Crippen molar-refractivity contribution in [1.29, 1.82) is 0 Å². The molecule has 1 aliphatic carbocycles. The van der Waals surface area contributed by atoms with Crippen LogP contribution in [0.4, 0.5) is 4.39 Å². The fraction of sp³-hybridized carbons (Fsp3) is 0.312. The lowest BCUT2D eigenvalue weighted by Gasteiger charge is -2.16. The van der Waals surface area contributed by atoms with Crippen LogP contribution < -0.4 is 0 Å². The van der Waals surface area contributed by atoms with Crippen molar-refractivity contribution in [3.05, 3.63) is 58.4 Å². The van der Waals surface area contributed by atoms with Gasteiger partial charge in [-0.15, -0.1) is 0 Å². The van der Waals surface area contributed by atoms with E-state index in [0.29, 0.717) is 22.8 Å². The third-order valence-electron chi connectivity index (χ3n) is 4.02. The molecule has 0 saturated heterocycles. The van der Waals surface area contributed by atoms with Gasteiger partial charge >= 0.3 is 0 Å². The summed E-state index contributed by atoms with van der Waals surface area (Å²) >= 11 is 5.79. The summed E-state index contributed by atoms with van der Waals surface area (Å²) in [7, 11) is 0. The highest BCUT2D eigenvalue weighted by molar-refractivity contribution is 6.30. The summed E-state index contributed by atoms with van der Waals surface area (Å²) in [6.45, 7) is -0.567. The van der Waals surface area contributed by atoms with E-state index in [1.165, 1.54) is 18.5 Å². The topological polar surface area (TPSA) is 63.1 Å². The molecule has 22 heavy (non-hydrogen) atoms. The molecule has 1 aliphatic rings. The number of aromatic nitrogens is 2. The van der Waals surface area contributed by atoms with E-state index in [2.05, 4.69) is 9.97 Å². The zero-order chi connectivity index (χ0) is 15.7. The number of aliphatic hydroxyl groups is 1. The van der Waals surface area contributed by atoms with Gasteiger partial charge in [-0.05, 0) is 30.5 Å². The number of hydrogen-bond acceptors (Lipinski definition) is 4. The summed E-state index contributed by atoms with van der Waals surface area (Å²) < 4.78 is 14.1. The summed E-state index contributed by atoms with van der Waals surface area (Å²) in [5.74, 6) is -0.171. The molecule has 0 aliphatic heterocycles. The SMILES string of the molecule is O=C(CO)c1cnc(CC2(c3ccc(Cl)cc3F)CC2)nc1. The van der Waals surface area contributed by atoms with Crippen molar-refractivity contribution in [1.82, 2.24) is 9.97 Å². The molecule has 4 nitrogen and oxygen atoms in total. The van der Waals surface area contributed by atoms with Crippen molar-refractivity contribution in [3.63, 3.8) is 0 Å². The highest BCUT2D eigenvalue weighted by Crippen LogP contribution is 2.51. The Kier molecular flexibility index (Phi) is 3.93. The largest absolute Gasteiger partial charge is 0.388 e. The van der Waals surface area contributed by atoms with E-state index < -0.39 is 12.4 Å². The van der Waals surface area contributed by atoms with E-state index >= 15 is 0 Å². The van der Waals surface area contributed by atoms with E-state index in [0.717, 1.165) is 12.8 Å². The van der Waals surface area contributed by atoms with Crippen LogP contribution in [0.1, 0.15) is 34.6 Å². The van der Waals surface area contributed by atoms with Gasteiger partial charge in [0.15, 0.2) is 5.78 Å². The molecule has 1 heterocycles. The molecule has 0 amide bonds. The molecule has 114 valence electrons. The van der Waals surface area contributed by atoms with Gasteiger partial charge in [0.05, 0.1) is 5.56 Å². The van der Waals surface area contributed by atoms with Gasteiger partial charge in [0.1, 0.15) is 18.2 Å². The highest BCUT2D eigenvalue weighted by Gasteiger charge is 2.46. The maximum absolute atomic E-state index is 14.1. The van der Waals surface area contributed by atoms with E-state index in [1.807, 2.05) is 0 Å². The second kappa shape index (κ2) is 5.74. The first-order valence-electron chi connectivity index (χ1n) is 6.95. The fourth-order valence-corrected chi connectivity index (χ4v) is 2.75. The first kappa shape index (κ1) is 15.1. The Morgan fingerprint density at radius 3 is 2.55 bits per heavy atom. The first-order valence-corrected chi connectivity index (χ1v) is 7.32. The Labute approximate surface area is 132 Å². The van der Waals surface area contributed by atoms with Gasteiger partial charge in [0.2, 0.25) is 0 Å². The molecule has 0 radical (unpaired) electrons. The van der Waals surface area contributed by atoms with Crippen LogP contribution in [-0.2, 0) is 11.8 Å². The summed E-state index contributed by atoms with van der Waals surface area (Å²) in [5.41, 5.74) is 0.627. The van der Waals surface area contributed by atoms with Crippen molar-refractivity contribution >= 4 is 17.4 Å². The molecule has 1 saturated carbocycles. The van der Waals surface area contributed by atoms with Gasteiger partial charge in [-0.1, -0.05) is 17.7 Å². The summed E-state index contributed by atoms with van der Waals surface area (Å²) in [5, 5.41) is 9.17. The third-order valence-corrected chi connectivity index (χ3v) is 4.26. The van der Waals surface area contributed by atoms with E-state index in [9.17, 15) is 9.18 Å². The Morgan fingerprint density at radius 1 is 1.32 bits per heavy atom. The first-order chi connectivity index (χ1) is 10.5. The molecule has 6 heteroatoms. The van der Waals surface area contributed by atoms with Crippen molar-refractivity contribution in [2.24, 2.45) is 0 Å². The van der Waals surface area contributed by atoms with Gasteiger partial charge in [-0.25, -0.2) is 14.4 Å². The second-order valence-corrected chi connectivity index (χ2v) is 5.99. The Hall–Kier alpha value is -1.85. The standard InChI is InChI=1S/C16H14ClFN2O2/c17-11-1-2-12(13(18)5-11)16(3-4-16)6-15-19-7-10(8-20-15)14(22)9-21/h1-2,5,7-8,21H,3-4,6,9H2. The molecule has 0 spiro atoms. The average Bonchev–Trinajstić information content (AvgIpc) is 3.27. The van der Waals surface area contributed by atoms with Crippen molar-refractivity contribution in [2.45, 2.75) is 24.7 Å². The quantitative estimate of drug-likeness (QED) is 0.860. The third kappa shape index (κ3) is 2.87. The number of Topliss-reactive ketones (excluding diaryl/α,β-unsaturated/α-hetero) is 1. The number of aliphatic hydroxyl groups excluding tert-OH is 1. The molecular formula is C16H14ClFN2O2. The normalized spacial score (nSPS) is 15.6. The number of hydrogen-bond donors (Lipinski definition) is 1. The highest BCUT2D eigenvalue weighted by atomic mass is 35.5. The maximum atomic E-state index is 14.1. The molecule has 0 unspecified atom stereocenters. The number of carbonyl (C=O) groups is 1. The zero-order valence-corrected chi connectivity index (χ0v) is 12.5. The molecule has 1 fully saturated rings. The smallest absolute Gasteiger partial charge is 0.191 e. The number of ketones is 1. The van der Waals surface area contributed by atoms with Crippen molar-refractivity contribution in [2.75, 3.05) is 6.61 Å². The minimum absolute atomic E-state index is 0.272. The predicted octanol–water partition coefficient (Wildman–Crippen LogP) is 2.72. The monoisotopic (exact) mass is 320 g/mol. The van der Waals surface area contributed by atoms with E-state index in [-0.39, 0.29) is 16.8 Å². The Balaban J connectivity index is 1.81. The molecular weight excluding hydrogens is 307 g/mol. The van der Waals surface area contributed by atoms with Gasteiger partial charge < -0.3 is 5.11 Å². The Bertz CT molecular complexity index is 715. The summed E-state index contributed by atoms with van der Waals surface area (Å²) in [4.78, 5) is 19.6. The lowest BCUT2D eigenvalue weighted by atomic mass is 9.91. The fourth-order valence-electron chi connectivity index (χ4n) is 2.60. The second-order valence-electron chi connectivity index (χ2n) is 5.55. The average molecular weight is 321 g/mol. The molecule has 1 aromatic heterocycles. The van der Waals surface area contributed by atoms with Crippen LogP contribution in [0, 0.1) is 5.82 Å². The van der Waals surface area contributed by atoms with Gasteiger partial charge in [0, 0.05) is 29.3 Å². The van der Waals surface area contributed by atoms with Crippen molar-refractivity contribution < 1.29 is 14.3 Å². The number of carbonyl (C=O) groups excluding carboxylic acids is 1. The van der Waals surface area contributed by atoms with Crippen LogP contribution in [0.15, 0.2) is 30.6 Å². The van der Waals surface area contributed by atoms with Crippen LogP contribution in [0.2, 0.25) is 5.02 Å². The van der Waals surface area contributed by atoms with Crippen LogP contribution >= 0.6 is 11.6 Å². The molecule has 3 rings (SSSR count). The van der Waals surface area contributed by atoms with Gasteiger partial charge in [-0.3, -0.25) is 4.79 Å². The minimum Gasteiger partial charge on any atom is -0.388 e. The summed E-state index contributed by atoms with van der Waals surface area (Å²) in [6.07, 6.45) is 5.04. The van der Waals surface area contributed by atoms with Crippen LogP contribution in [0.25, 0.3) is 0 Å². The number of benzene rings is 1. The molecule has 2 aromatic rings. The molecule has 1 aromatic carbocycles. The van der Waals surface area contributed by atoms with E-state index in [4.69, 9.17) is 16.7 Å². The molecule has 0 bridgehead atoms. The maximum Gasteiger partial charge on any atom is 0.191 e. The van der Waals surface area contributed by atoms with E-state index in [1.54, 1.807) is 12.1 Å². The lowest BCUT2D eigenvalue weighted by Crippen LogP contribution is -2.15. The predicted molar refractivity (Wildman–Crippen MR) is 79.5 cm³/mol. The van der Waals surface area contributed by atoms with Crippen molar-refractivity contribution in [3.8, 4) is 0 Å². The number of rotatable bonds is 5. The summed E-state index contributed by atoms with van der Waals surface area (Å²) in [6, 6.07) is 4.72. The van der Waals surface area contributed by atoms with Gasteiger partial charge in [-0.2, -0.15) is 0 Å². The lowest BCUT2D eigenvalue weighted by molar-refractivity contribution is 0.0903. The van der Waals surface area contributed by atoms with Gasteiger partial charge in [0.25, 0.3) is 0 Å².